The molecule has 0 atom stereocenters. The third kappa shape index (κ3) is 4.16. The van der Waals surface area contributed by atoms with E-state index >= 15 is 0 Å². The number of thiazole rings is 1. The first-order valence-corrected chi connectivity index (χ1v) is 11.0. The van der Waals surface area contributed by atoms with Crippen molar-refractivity contribution in [1.82, 2.24) is 4.98 Å². The molecule has 5 nitrogen and oxygen atoms in total. The molecule has 0 saturated carbocycles. The van der Waals surface area contributed by atoms with Crippen LogP contribution in [0.4, 0.5) is 5.13 Å². The quantitative estimate of drug-likeness (QED) is 0.348. The van der Waals surface area contributed by atoms with Gasteiger partial charge >= 0.3 is 0 Å². The van der Waals surface area contributed by atoms with Crippen molar-refractivity contribution in [3.8, 4) is 5.75 Å². The number of ether oxygens (including phenoxy) is 1. The molecule has 4 aromatic rings. The zero-order chi connectivity index (χ0) is 20.2. The molecule has 0 unspecified atom stereocenters. The van der Waals surface area contributed by atoms with Gasteiger partial charge in [0, 0.05) is 10.5 Å². The lowest BCUT2D eigenvalue weighted by Crippen LogP contribution is -2.30. The predicted molar refractivity (Wildman–Crippen MR) is 118 cm³/mol. The second-order valence-corrected chi connectivity index (χ2v) is 8.58. The van der Waals surface area contributed by atoms with Gasteiger partial charge in [0.2, 0.25) is 0 Å². The lowest BCUT2D eigenvalue weighted by atomic mass is 10.2. The molecule has 2 aromatic carbocycles. The summed E-state index contributed by atoms with van der Waals surface area (Å²) in [6.45, 7) is 2.40. The third-order valence-corrected chi connectivity index (χ3v) is 6.27. The summed E-state index contributed by atoms with van der Waals surface area (Å²) in [6.07, 6.45) is 1.61. The van der Waals surface area contributed by atoms with E-state index in [0.29, 0.717) is 28.7 Å². The number of thioether (sulfide) groups is 1. The molecule has 0 N–H and O–H groups in total. The Balaban J connectivity index is 1.76. The van der Waals surface area contributed by atoms with Gasteiger partial charge in [0.15, 0.2) is 5.13 Å². The lowest BCUT2D eigenvalue weighted by Gasteiger charge is -2.19. The summed E-state index contributed by atoms with van der Waals surface area (Å²) in [5, 5.41) is 0.611. The molecule has 0 fully saturated rings. The van der Waals surface area contributed by atoms with Crippen LogP contribution in [0.15, 0.2) is 70.2 Å². The molecule has 2 heterocycles. The number of rotatable bonds is 7. The molecule has 2 aromatic heterocycles. The summed E-state index contributed by atoms with van der Waals surface area (Å²) in [6, 6.07) is 17.2. The number of hydrogen-bond acceptors (Lipinski definition) is 6. The molecule has 0 aliphatic carbocycles. The van der Waals surface area contributed by atoms with Gasteiger partial charge in [-0.3, -0.25) is 9.69 Å². The van der Waals surface area contributed by atoms with Crippen molar-refractivity contribution in [2.24, 2.45) is 0 Å². The van der Waals surface area contributed by atoms with Crippen LogP contribution in [-0.4, -0.2) is 23.8 Å². The van der Waals surface area contributed by atoms with Crippen molar-refractivity contribution < 1.29 is 13.9 Å². The van der Waals surface area contributed by atoms with E-state index in [4.69, 9.17) is 14.1 Å². The van der Waals surface area contributed by atoms with Crippen LogP contribution in [0.2, 0.25) is 0 Å². The minimum Gasteiger partial charge on any atom is -0.494 e. The number of benzene rings is 2. The Bertz CT molecular complexity index is 1120. The minimum atomic E-state index is -0.113. The van der Waals surface area contributed by atoms with Crippen LogP contribution in [0, 0.1) is 0 Å². The monoisotopic (exact) mass is 424 g/mol. The smallest absolute Gasteiger partial charge is 0.260 e. The molecular formula is C22H20N2O3S2. The summed E-state index contributed by atoms with van der Waals surface area (Å²) in [5.41, 5.74) is 1.38. The van der Waals surface area contributed by atoms with E-state index in [-0.39, 0.29) is 5.91 Å². The summed E-state index contributed by atoms with van der Waals surface area (Å²) in [4.78, 5) is 20.9. The molecule has 0 aliphatic rings. The number of carbonyl (C=O) groups is 1. The van der Waals surface area contributed by atoms with E-state index in [9.17, 15) is 4.79 Å². The molecular weight excluding hydrogens is 404 g/mol. The normalized spacial score (nSPS) is 11.0. The number of aromatic nitrogens is 1. The largest absolute Gasteiger partial charge is 0.494 e. The fraction of sp³-hybridized carbons (Fsp3) is 0.182. The average Bonchev–Trinajstić information content (AvgIpc) is 3.41. The minimum absolute atomic E-state index is 0.113. The van der Waals surface area contributed by atoms with Gasteiger partial charge in [-0.25, -0.2) is 4.98 Å². The number of amides is 1. The number of methoxy groups -OCH3 is 1. The number of carbonyl (C=O) groups excluding carboxylic acids is 1. The Kier molecular flexibility index (Phi) is 5.87. The second-order valence-electron chi connectivity index (χ2n) is 6.23. The number of para-hydroxylation sites is 1. The molecule has 0 radical (unpaired) electrons. The van der Waals surface area contributed by atoms with Crippen LogP contribution >= 0.6 is 23.1 Å². The Hall–Kier alpha value is -2.77. The Labute approximate surface area is 177 Å². The Morgan fingerprint density at radius 2 is 2.07 bits per heavy atom. The first-order valence-electron chi connectivity index (χ1n) is 9.20. The molecule has 1 amide bonds. The van der Waals surface area contributed by atoms with Gasteiger partial charge < -0.3 is 9.15 Å². The maximum absolute atomic E-state index is 13.5. The molecule has 0 spiro atoms. The van der Waals surface area contributed by atoms with Crippen LogP contribution in [0.5, 0.6) is 5.75 Å². The predicted octanol–water partition coefficient (Wildman–Crippen LogP) is 5.86. The lowest BCUT2D eigenvalue weighted by molar-refractivity contribution is 0.0983. The van der Waals surface area contributed by atoms with E-state index in [1.54, 1.807) is 30.0 Å². The zero-order valence-corrected chi connectivity index (χ0v) is 17.8. The summed E-state index contributed by atoms with van der Waals surface area (Å²) >= 11 is 3.17. The molecule has 7 heteroatoms. The van der Waals surface area contributed by atoms with Crippen LogP contribution in [0.1, 0.15) is 23.0 Å². The van der Waals surface area contributed by atoms with Gasteiger partial charge in [-0.05, 0) is 48.2 Å². The van der Waals surface area contributed by atoms with E-state index < -0.39 is 0 Å². The summed E-state index contributed by atoms with van der Waals surface area (Å²) < 4.78 is 11.9. The molecule has 0 bridgehead atoms. The van der Waals surface area contributed by atoms with E-state index in [1.807, 2.05) is 54.6 Å². The van der Waals surface area contributed by atoms with Gasteiger partial charge in [0.05, 0.1) is 24.6 Å². The first-order chi connectivity index (χ1) is 14.2. The number of hydrogen-bond donors (Lipinski definition) is 0. The number of nitrogens with zero attached hydrogens (tertiary/aromatic N) is 2. The van der Waals surface area contributed by atoms with Gasteiger partial charge in [-0.15, -0.1) is 11.8 Å². The van der Waals surface area contributed by atoms with Crippen molar-refractivity contribution in [1.29, 1.82) is 0 Å². The molecule has 0 aliphatic heterocycles. The van der Waals surface area contributed by atoms with Crippen LogP contribution in [0.25, 0.3) is 10.2 Å². The zero-order valence-electron chi connectivity index (χ0n) is 16.1. The van der Waals surface area contributed by atoms with Crippen molar-refractivity contribution in [2.75, 3.05) is 17.8 Å². The topological polar surface area (TPSA) is 55.6 Å². The number of furan rings is 1. The van der Waals surface area contributed by atoms with E-state index in [0.717, 1.165) is 20.9 Å². The van der Waals surface area contributed by atoms with E-state index in [1.165, 1.54) is 11.3 Å². The van der Waals surface area contributed by atoms with Crippen molar-refractivity contribution in [2.45, 2.75) is 18.4 Å². The van der Waals surface area contributed by atoms with Gasteiger partial charge in [-0.2, -0.15) is 0 Å². The first kappa shape index (κ1) is 19.5. The fourth-order valence-electron chi connectivity index (χ4n) is 3.02. The Morgan fingerprint density at radius 3 is 2.83 bits per heavy atom. The van der Waals surface area contributed by atoms with Crippen LogP contribution < -0.4 is 9.64 Å². The molecule has 0 saturated heterocycles. The molecule has 29 heavy (non-hydrogen) atoms. The SMILES string of the molecule is CCSc1cccc(C(=O)N(Cc2ccco2)c2nc3c(OC)cccc3s2)c1. The second kappa shape index (κ2) is 8.71. The number of anilines is 1. The van der Waals surface area contributed by atoms with Crippen molar-refractivity contribution in [3.05, 3.63) is 72.2 Å². The average molecular weight is 425 g/mol. The van der Waals surface area contributed by atoms with Crippen molar-refractivity contribution >= 4 is 44.4 Å². The maximum atomic E-state index is 13.5. The summed E-state index contributed by atoms with van der Waals surface area (Å²) in [7, 11) is 1.62. The molecule has 4 rings (SSSR count). The van der Waals surface area contributed by atoms with Crippen LogP contribution in [-0.2, 0) is 6.54 Å². The van der Waals surface area contributed by atoms with Gasteiger partial charge in [0.1, 0.15) is 17.0 Å². The standard InChI is InChI=1S/C22H20N2O3S2/c1-3-28-17-9-4-7-15(13-17)21(25)24(14-16-8-6-12-27-16)22-23-20-18(26-2)10-5-11-19(20)29-22/h4-13H,3,14H2,1-2H3. The Morgan fingerprint density at radius 1 is 1.21 bits per heavy atom. The van der Waals surface area contributed by atoms with E-state index in [2.05, 4.69) is 6.92 Å². The maximum Gasteiger partial charge on any atom is 0.260 e. The highest BCUT2D eigenvalue weighted by Gasteiger charge is 2.23. The highest BCUT2D eigenvalue weighted by atomic mass is 32.2. The highest BCUT2D eigenvalue weighted by molar-refractivity contribution is 7.99. The fourth-order valence-corrected chi connectivity index (χ4v) is 4.72. The number of fused-ring (bicyclic) bond motifs is 1. The third-order valence-electron chi connectivity index (χ3n) is 4.35. The van der Waals surface area contributed by atoms with Crippen LogP contribution in [0.3, 0.4) is 0 Å². The van der Waals surface area contributed by atoms with Gasteiger partial charge in [0.25, 0.3) is 5.91 Å². The van der Waals surface area contributed by atoms with Crippen molar-refractivity contribution in [3.63, 3.8) is 0 Å². The van der Waals surface area contributed by atoms with Gasteiger partial charge in [-0.1, -0.05) is 30.4 Å². The highest BCUT2D eigenvalue weighted by Crippen LogP contribution is 2.35. The molecule has 148 valence electrons. The summed E-state index contributed by atoms with van der Waals surface area (Å²) in [5.74, 6) is 2.23.